The van der Waals surface area contributed by atoms with Crippen molar-refractivity contribution in [3.8, 4) is 0 Å². The van der Waals surface area contributed by atoms with E-state index in [0.717, 1.165) is 12.8 Å². The van der Waals surface area contributed by atoms with E-state index in [4.69, 9.17) is 0 Å². The number of amides is 2. The average molecular weight is 422 g/mol. The summed E-state index contributed by atoms with van der Waals surface area (Å²) in [6.45, 7) is 9.48. The molecule has 2 amide bonds. The molecule has 8 heteroatoms. The highest BCUT2D eigenvalue weighted by atomic mass is 32.2. The molecule has 2 fully saturated rings. The van der Waals surface area contributed by atoms with E-state index in [1.165, 1.54) is 16.4 Å². The van der Waals surface area contributed by atoms with E-state index < -0.39 is 15.9 Å². The Labute approximate surface area is 173 Å². The molecule has 2 aliphatic rings. The summed E-state index contributed by atoms with van der Waals surface area (Å²) in [4.78, 5) is 26.7. The fourth-order valence-electron chi connectivity index (χ4n) is 3.86. The van der Waals surface area contributed by atoms with Crippen molar-refractivity contribution < 1.29 is 18.0 Å². The number of carbonyl (C=O) groups excluding carboxylic acids is 2. The van der Waals surface area contributed by atoms with Gasteiger partial charge in [0.15, 0.2) is 0 Å². The molecule has 0 aliphatic carbocycles. The van der Waals surface area contributed by atoms with Crippen LogP contribution in [-0.4, -0.2) is 54.6 Å². The van der Waals surface area contributed by atoms with Crippen molar-refractivity contribution in [2.45, 2.75) is 57.4 Å². The van der Waals surface area contributed by atoms with Crippen LogP contribution in [0.2, 0.25) is 0 Å². The van der Waals surface area contributed by atoms with Crippen molar-refractivity contribution in [1.29, 1.82) is 0 Å². The van der Waals surface area contributed by atoms with Crippen molar-refractivity contribution in [1.82, 2.24) is 9.21 Å². The molecule has 160 valence electrons. The number of anilines is 1. The van der Waals surface area contributed by atoms with Gasteiger partial charge in [0.05, 0.1) is 10.8 Å². The second-order valence-electron chi connectivity index (χ2n) is 9.18. The van der Waals surface area contributed by atoms with Gasteiger partial charge in [-0.2, -0.15) is 4.31 Å². The number of piperidine rings is 1. The Bertz CT molecular complexity index is 866. The van der Waals surface area contributed by atoms with Crippen LogP contribution in [0.3, 0.4) is 0 Å². The molecule has 2 heterocycles. The molecule has 2 aliphatic heterocycles. The summed E-state index contributed by atoms with van der Waals surface area (Å²) in [5, 5.41) is 2.81. The number of rotatable bonds is 4. The second-order valence-corrected chi connectivity index (χ2v) is 11.1. The molecule has 2 saturated heterocycles. The number of hydrogen-bond donors (Lipinski definition) is 1. The van der Waals surface area contributed by atoms with Crippen LogP contribution in [0.25, 0.3) is 0 Å². The molecule has 1 atom stereocenters. The third kappa shape index (κ3) is 4.80. The third-order valence-corrected chi connectivity index (χ3v) is 7.72. The number of hydrogen-bond acceptors (Lipinski definition) is 4. The van der Waals surface area contributed by atoms with E-state index in [0.29, 0.717) is 31.2 Å². The number of nitrogens with one attached hydrogen (secondary N) is 1. The fraction of sp³-hybridized carbons (Fsp3) is 0.619. The summed E-state index contributed by atoms with van der Waals surface area (Å²) in [7, 11) is -3.51. The first-order valence-electron chi connectivity index (χ1n) is 10.2. The van der Waals surface area contributed by atoms with Crippen LogP contribution in [0.1, 0.15) is 47.0 Å². The Morgan fingerprint density at radius 1 is 1.10 bits per heavy atom. The van der Waals surface area contributed by atoms with Crippen LogP contribution < -0.4 is 5.32 Å². The van der Waals surface area contributed by atoms with Gasteiger partial charge in [0.1, 0.15) is 0 Å². The standard InChI is InChI=1S/C21H31N3O4S/c1-15-9-11-23(12-10-15)29(27,28)18-7-5-17(6-8-18)22-20(26)16-13-19(25)24(14-16)21(2,3)4/h5-8,15-16H,9-14H2,1-4H3,(H,22,26)/t16-/m0/s1. The zero-order valence-corrected chi connectivity index (χ0v) is 18.5. The van der Waals surface area contributed by atoms with Gasteiger partial charge < -0.3 is 10.2 Å². The largest absolute Gasteiger partial charge is 0.337 e. The molecule has 0 saturated carbocycles. The third-order valence-electron chi connectivity index (χ3n) is 5.81. The predicted octanol–water partition coefficient (Wildman–Crippen LogP) is 2.69. The maximum Gasteiger partial charge on any atom is 0.243 e. The minimum absolute atomic E-state index is 0.0186. The number of likely N-dealkylation sites (tertiary alicyclic amines) is 1. The van der Waals surface area contributed by atoms with E-state index in [1.807, 2.05) is 20.8 Å². The molecule has 0 aromatic heterocycles. The number of carbonyl (C=O) groups is 2. The zero-order valence-electron chi connectivity index (χ0n) is 17.6. The van der Waals surface area contributed by atoms with Gasteiger partial charge in [0, 0.05) is 37.3 Å². The van der Waals surface area contributed by atoms with Crippen LogP contribution in [0.5, 0.6) is 0 Å². The molecular weight excluding hydrogens is 390 g/mol. The van der Waals surface area contributed by atoms with E-state index in [-0.39, 0.29) is 28.7 Å². The van der Waals surface area contributed by atoms with Crippen LogP contribution in [0.4, 0.5) is 5.69 Å². The van der Waals surface area contributed by atoms with Gasteiger partial charge in [0.25, 0.3) is 0 Å². The summed E-state index contributed by atoms with van der Waals surface area (Å²) in [5.41, 5.74) is 0.219. The Morgan fingerprint density at radius 3 is 2.21 bits per heavy atom. The summed E-state index contributed by atoms with van der Waals surface area (Å²) >= 11 is 0. The van der Waals surface area contributed by atoms with Gasteiger partial charge in [-0.3, -0.25) is 9.59 Å². The molecule has 29 heavy (non-hydrogen) atoms. The molecule has 1 aromatic rings. The predicted molar refractivity (Wildman–Crippen MR) is 112 cm³/mol. The summed E-state index contributed by atoms with van der Waals surface area (Å²) in [6.07, 6.45) is 1.95. The lowest BCUT2D eigenvalue weighted by atomic mass is 10.0. The van der Waals surface area contributed by atoms with Gasteiger partial charge in [-0.25, -0.2) is 8.42 Å². The Hall–Kier alpha value is -1.93. The van der Waals surface area contributed by atoms with Gasteiger partial charge >= 0.3 is 0 Å². The van der Waals surface area contributed by atoms with Crippen LogP contribution >= 0.6 is 0 Å². The number of sulfonamides is 1. The maximum absolute atomic E-state index is 12.8. The van der Waals surface area contributed by atoms with Crippen LogP contribution in [0, 0.1) is 11.8 Å². The number of nitrogens with zero attached hydrogens (tertiary/aromatic N) is 2. The van der Waals surface area contributed by atoms with Crippen molar-refractivity contribution in [3.63, 3.8) is 0 Å². The Balaban J connectivity index is 1.64. The van der Waals surface area contributed by atoms with E-state index in [1.54, 1.807) is 17.0 Å². The first-order chi connectivity index (χ1) is 13.5. The SMILES string of the molecule is CC1CCN(S(=O)(=O)c2ccc(NC(=O)[C@H]3CC(=O)N(C(C)(C)C)C3)cc2)CC1. The normalized spacial score (nSPS) is 22.1. The van der Waals surface area contributed by atoms with Crippen LogP contribution in [0.15, 0.2) is 29.2 Å². The van der Waals surface area contributed by atoms with Crippen molar-refractivity contribution in [2.24, 2.45) is 11.8 Å². The zero-order chi connectivity index (χ0) is 21.4. The van der Waals surface area contributed by atoms with Gasteiger partial charge in [-0.15, -0.1) is 0 Å². The molecule has 1 N–H and O–H groups in total. The molecule has 0 radical (unpaired) electrons. The topological polar surface area (TPSA) is 86.8 Å². The van der Waals surface area contributed by atoms with Crippen LogP contribution in [-0.2, 0) is 19.6 Å². The van der Waals surface area contributed by atoms with E-state index in [9.17, 15) is 18.0 Å². The first-order valence-corrected chi connectivity index (χ1v) is 11.6. The highest BCUT2D eigenvalue weighted by Crippen LogP contribution is 2.28. The molecule has 3 rings (SSSR count). The highest BCUT2D eigenvalue weighted by Gasteiger charge is 2.39. The monoisotopic (exact) mass is 421 g/mol. The Kier molecular flexibility index (Phi) is 6.06. The maximum atomic E-state index is 12.8. The molecule has 0 spiro atoms. The fourth-order valence-corrected chi connectivity index (χ4v) is 5.33. The summed E-state index contributed by atoms with van der Waals surface area (Å²) in [6, 6.07) is 6.28. The highest BCUT2D eigenvalue weighted by molar-refractivity contribution is 7.89. The van der Waals surface area contributed by atoms with E-state index >= 15 is 0 Å². The first kappa shape index (κ1) is 21.8. The van der Waals surface area contributed by atoms with Crippen molar-refractivity contribution in [2.75, 3.05) is 25.0 Å². The minimum atomic E-state index is -3.51. The second kappa shape index (κ2) is 8.07. The van der Waals surface area contributed by atoms with E-state index in [2.05, 4.69) is 12.2 Å². The van der Waals surface area contributed by atoms with Gasteiger partial charge in [-0.1, -0.05) is 6.92 Å². The van der Waals surface area contributed by atoms with Crippen molar-refractivity contribution >= 4 is 27.5 Å². The average Bonchev–Trinajstić information content (AvgIpc) is 3.05. The quantitative estimate of drug-likeness (QED) is 0.810. The van der Waals surface area contributed by atoms with Gasteiger partial charge in [-0.05, 0) is 63.8 Å². The minimum Gasteiger partial charge on any atom is -0.337 e. The lowest BCUT2D eigenvalue weighted by Crippen LogP contribution is -2.42. The lowest BCUT2D eigenvalue weighted by Gasteiger charge is -2.31. The van der Waals surface area contributed by atoms with Gasteiger partial charge in [0.2, 0.25) is 21.8 Å². The smallest absolute Gasteiger partial charge is 0.243 e. The Morgan fingerprint density at radius 2 is 1.69 bits per heavy atom. The van der Waals surface area contributed by atoms with Crippen molar-refractivity contribution in [3.05, 3.63) is 24.3 Å². The molecule has 7 nitrogen and oxygen atoms in total. The lowest BCUT2D eigenvalue weighted by molar-refractivity contribution is -0.131. The molecule has 1 aromatic carbocycles. The molecule has 0 bridgehead atoms. The molecule has 0 unspecified atom stereocenters. The summed E-state index contributed by atoms with van der Waals surface area (Å²) < 4.78 is 27.1. The number of benzene rings is 1. The summed E-state index contributed by atoms with van der Waals surface area (Å²) in [5.74, 6) is -0.0862. The molecular formula is C21H31N3O4S.